The summed E-state index contributed by atoms with van der Waals surface area (Å²) >= 11 is 2.22. The Balaban J connectivity index is 2.27. The maximum Gasteiger partial charge on any atom is 0.241 e. The van der Waals surface area contributed by atoms with Crippen molar-refractivity contribution in [3.8, 4) is 0 Å². The van der Waals surface area contributed by atoms with Gasteiger partial charge in [0, 0.05) is 16.7 Å². The number of piperazine rings is 1. The van der Waals surface area contributed by atoms with Crippen molar-refractivity contribution in [2.75, 3.05) is 13.1 Å². The average Bonchev–Trinajstić information content (AvgIpc) is 2.20. The van der Waals surface area contributed by atoms with Gasteiger partial charge in [-0.05, 0) is 40.3 Å². The van der Waals surface area contributed by atoms with Crippen LogP contribution in [0.4, 0.5) is 0 Å². The highest BCUT2D eigenvalue weighted by Crippen LogP contribution is 2.16. The van der Waals surface area contributed by atoms with Gasteiger partial charge in [0.1, 0.15) is 7.45 Å². The monoisotopic (exact) mass is 303 g/mol. The van der Waals surface area contributed by atoms with E-state index in [0.29, 0.717) is 13.1 Å². The van der Waals surface area contributed by atoms with E-state index in [1.807, 2.05) is 24.3 Å². The van der Waals surface area contributed by atoms with Gasteiger partial charge >= 0.3 is 0 Å². The largest absolute Gasteiger partial charge is 0.353 e. The minimum atomic E-state index is -0.462. The molecule has 1 saturated heterocycles. The molecular formula is C10H11IN2O. The van der Waals surface area contributed by atoms with Crippen molar-refractivity contribution in [1.29, 1.82) is 0 Å². The zero-order valence-electron chi connectivity index (χ0n) is 8.53. The van der Waals surface area contributed by atoms with Crippen molar-refractivity contribution >= 4 is 28.5 Å². The maximum atomic E-state index is 11.6. The standard InChI is InChI=1S/C10H11IN2O/c11-8-3-1-7(2-4-8)9-10(14)13-6-5-12-9/h1-4,9,12H,5-6H2,(H,13,14)/i/hD. The van der Waals surface area contributed by atoms with Crippen LogP contribution in [0.5, 0.6) is 0 Å². The Kier molecular flexibility index (Phi) is 2.64. The highest BCUT2D eigenvalue weighted by molar-refractivity contribution is 14.1. The van der Waals surface area contributed by atoms with Crippen molar-refractivity contribution in [1.82, 2.24) is 10.6 Å². The smallest absolute Gasteiger partial charge is 0.241 e. The summed E-state index contributed by atoms with van der Waals surface area (Å²) in [5.41, 5.74) is 0.877. The molecule has 1 aromatic rings. The van der Waals surface area contributed by atoms with Crippen molar-refractivity contribution < 1.29 is 6.21 Å². The van der Waals surface area contributed by atoms with Gasteiger partial charge in [0.2, 0.25) is 5.91 Å². The summed E-state index contributed by atoms with van der Waals surface area (Å²) in [5.74, 6) is -0.0857. The van der Waals surface area contributed by atoms with Gasteiger partial charge in [-0.25, -0.2) is 0 Å². The van der Waals surface area contributed by atoms with Crippen LogP contribution in [0.2, 0.25) is 1.41 Å². The average molecular weight is 303 g/mol. The normalized spacial score (nSPS) is 24.2. The summed E-state index contributed by atoms with van der Waals surface area (Å²) in [6.45, 7) is 1.13. The summed E-state index contributed by atoms with van der Waals surface area (Å²) in [6, 6.07) is 7.24. The molecule has 4 heteroatoms. The lowest BCUT2D eigenvalue weighted by molar-refractivity contribution is -0.124. The van der Waals surface area contributed by atoms with Gasteiger partial charge in [-0.3, -0.25) is 4.79 Å². The summed E-state index contributed by atoms with van der Waals surface area (Å²) in [5, 5.41) is 4.11. The van der Waals surface area contributed by atoms with Gasteiger partial charge in [-0.2, -0.15) is 0 Å². The van der Waals surface area contributed by atoms with Crippen molar-refractivity contribution in [2.45, 2.75) is 6.04 Å². The molecule has 0 bridgehead atoms. The highest BCUT2D eigenvalue weighted by atomic mass is 127. The first-order valence-corrected chi connectivity index (χ1v) is 5.55. The minimum absolute atomic E-state index is 0.0857. The first-order chi connectivity index (χ1) is 7.18. The van der Waals surface area contributed by atoms with Gasteiger partial charge in [-0.1, -0.05) is 12.1 Å². The molecule has 0 aliphatic carbocycles. The van der Waals surface area contributed by atoms with Crippen LogP contribution in [0.25, 0.3) is 0 Å². The van der Waals surface area contributed by atoms with E-state index < -0.39 is 6.04 Å². The predicted octanol–water partition coefficient (Wildman–Crippen LogP) is 1.05. The second-order valence-electron chi connectivity index (χ2n) is 3.15. The summed E-state index contributed by atoms with van der Waals surface area (Å²) in [6.07, 6.45) is 0. The zero-order chi connectivity index (χ0) is 10.8. The molecule has 1 aliphatic heterocycles. The van der Waals surface area contributed by atoms with Gasteiger partial charge < -0.3 is 10.6 Å². The van der Waals surface area contributed by atoms with Crippen molar-refractivity contribution in [2.24, 2.45) is 0 Å². The zero-order valence-corrected chi connectivity index (χ0v) is 9.69. The van der Waals surface area contributed by atoms with Crippen LogP contribution >= 0.6 is 22.6 Å². The van der Waals surface area contributed by atoms with E-state index in [9.17, 15) is 4.79 Å². The fourth-order valence-corrected chi connectivity index (χ4v) is 1.81. The lowest BCUT2D eigenvalue weighted by atomic mass is 10.1. The molecule has 14 heavy (non-hydrogen) atoms. The maximum absolute atomic E-state index is 11.6. The van der Waals surface area contributed by atoms with Gasteiger partial charge in [0.15, 0.2) is 0 Å². The molecule has 0 aromatic heterocycles. The van der Waals surface area contributed by atoms with Crippen LogP contribution in [0.3, 0.4) is 0 Å². The van der Waals surface area contributed by atoms with E-state index in [1.165, 1.54) is 5.31 Å². The Morgan fingerprint density at radius 1 is 1.36 bits per heavy atom. The van der Waals surface area contributed by atoms with Crippen LogP contribution in [0.1, 0.15) is 11.6 Å². The number of hydrogen-bond acceptors (Lipinski definition) is 2. The van der Waals surface area contributed by atoms with E-state index in [2.05, 4.69) is 27.9 Å². The molecule has 1 heterocycles. The molecule has 3 nitrogen and oxygen atoms in total. The van der Waals surface area contributed by atoms with Crippen LogP contribution in [0, 0.1) is 3.57 Å². The molecular weight excluding hydrogens is 291 g/mol. The van der Waals surface area contributed by atoms with E-state index in [-0.39, 0.29) is 5.91 Å². The molecule has 74 valence electrons. The van der Waals surface area contributed by atoms with Crippen LogP contribution < -0.4 is 10.6 Å². The Bertz CT molecular complexity index is 368. The van der Waals surface area contributed by atoms with E-state index in [1.54, 1.807) is 0 Å². The van der Waals surface area contributed by atoms with Crippen LogP contribution in [0.15, 0.2) is 24.3 Å². The minimum Gasteiger partial charge on any atom is -0.353 e. The first-order valence-electron chi connectivity index (χ1n) is 4.92. The molecule has 1 aliphatic rings. The fraction of sp³-hybridized carbons (Fsp3) is 0.300. The highest BCUT2D eigenvalue weighted by Gasteiger charge is 2.22. The summed E-state index contributed by atoms with van der Waals surface area (Å²) < 4.78 is 8.85. The first kappa shape index (κ1) is 8.67. The number of amides is 1. The molecule has 1 fully saturated rings. The van der Waals surface area contributed by atoms with Crippen LogP contribution in [-0.2, 0) is 4.79 Å². The lowest BCUT2D eigenvalue weighted by Gasteiger charge is -2.23. The summed E-state index contributed by atoms with van der Waals surface area (Å²) in [4.78, 5) is 11.6. The number of carbonyl (C=O) groups is 1. The van der Waals surface area contributed by atoms with Crippen molar-refractivity contribution in [3.63, 3.8) is 0 Å². The number of benzene rings is 1. The summed E-state index contributed by atoms with van der Waals surface area (Å²) in [7, 11) is 0. The molecule has 1 aromatic carbocycles. The Morgan fingerprint density at radius 3 is 2.71 bits per heavy atom. The molecule has 1 atom stereocenters. The van der Waals surface area contributed by atoms with E-state index in [0.717, 1.165) is 9.13 Å². The topological polar surface area (TPSA) is 41.1 Å². The number of halogens is 1. The SMILES string of the molecule is [2H]N1CCNC(=O)C1c1ccc(I)cc1. The van der Waals surface area contributed by atoms with E-state index in [4.69, 9.17) is 1.41 Å². The number of hydrogen-bond donors (Lipinski definition) is 2. The lowest BCUT2D eigenvalue weighted by Crippen LogP contribution is -2.47. The van der Waals surface area contributed by atoms with E-state index >= 15 is 0 Å². The molecule has 2 N–H and O–H groups in total. The molecule has 2 rings (SSSR count). The number of carbonyl (C=O) groups excluding carboxylic acids is 1. The van der Waals surface area contributed by atoms with Crippen molar-refractivity contribution in [3.05, 3.63) is 33.4 Å². The molecule has 0 saturated carbocycles. The third-order valence-corrected chi connectivity index (χ3v) is 2.88. The second-order valence-corrected chi connectivity index (χ2v) is 4.40. The number of nitrogens with one attached hydrogen (secondary N) is 2. The van der Waals surface area contributed by atoms with Gasteiger partial charge in [0.05, 0.1) is 0 Å². The predicted molar refractivity (Wildman–Crippen MR) is 62.9 cm³/mol. The number of rotatable bonds is 1. The quantitative estimate of drug-likeness (QED) is 0.762. The Morgan fingerprint density at radius 2 is 2.07 bits per heavy atom. The molecule has 0 radical (unpaired) electrons. The third-order valence-electron chi connectivity index (χ3n) is 2.16. The molecule has 1 amide bonds. The van der Waals surface area contributed by atoms with Crippen LogP contribution in [-0.4, -0.2) is 19.0 Å². The molecule has 1 unspecified atom stereocenters. The third kappa shape index (κ3) is 2.06. The van der Waals surface area contributed by atoms with Gasteiger partial charge in [-0.15, -0.1) is 0 Å². The Labute approximate surface area is 97.9 Å². The van der Waals surface area contributed by atoms with Gasteiger partial charge in [0.25, 0.3) is 0 Å². The molecule has 0 spiro atoms. The second kappa shape index (κ2) is 4.27. The fourth-order valence-electron chi connectivity index (χ4n) is 1.45. The Hall–Kier alpha value is -0.620.